The van der Waals surface area contributed by atoms with Gasteiger partial charge in [0.05, 0.1) is 5.44 Å². The Morgan fingerprint density at radius 2 is 1.86 bits per heavy atom. The van der Waals surface area contributed by atoms with E-state index >= 15 is 0 Å². The van der Waals surface area contributed by atoms with Crippen LogP contribution in [0.4, 0.5) is 0 Å². The van der Waals surface area contributed by atoms with Gasteiger partial charge >= 0.3 is 0 Å². The van der Waals surface area contributed by atoms with Crippen LogP contribution < -0.4 is 10.9 Å². The number of aryl methyl sites for hydroxylation is 1. The molecule has 76 valence electrons. The molecule has 0 unspecified atom stereocenters. The molecule has 1 aromatic heterocycles. The molecule has 0 aromatic carbocycles. The van der Waals surface area contributed by atoms with Crippen molar-refractivity contribution in [2.24, 2.45) is 0 Å². The second-order valence-electron chi connectivity index (χ2n) is 3.25. The van der Waals surface area contributed by atoms with E-state index in [0.717, 1.165) is 5.56 Å². The summed E-state index contributed by atoms with van der Waals surface area (Å²) in [5, 5.41) is 0. The Kier molecular flexibility index (Phi) is 5.14. The van der Waals surface area contributed by atoms with Crippen molar-refractivity contribution in [3.8, 4) is 0 Å². The largest absolute Gasteiger partial charge is 0.318 e. The van der Waals surface area contributed by atoms with Crippen LogP contribution in [0.1, 0.15) is 19.4 Å². The molecule has 4 heteroatoms. The monoisotopic (exact) mass is 209 g/mol. The van der Waals surface area contributed by atoms with E-state index < -0.39 is 7.14 Å². The van der Waals surface area contributed by atoms with E-state index in [1.165, 1.54) is 0 Å². The Balaban J connectivity index is 0.000000791. The molecule has 0 saturated heterocycles. The van der Waals surface area contributed by atoms with Crippen molar-refractivity contribution in [2.75, 3.05) is 13.3 Å². The molecule has 0 saturated carbocycles. The van der Waals surface area contributed by atoms with Gasteiger partial charge in [-0.3, -0.25) is 4.98 Å². The maximum Gasteiger partial charge on any atom is 0.127 e. The summed E-state index contributed by atoms with van der Waals surface area (Å²) in [6.45, 7) is 9.28. The number of nitrogens with zero attached hydrogens (tertiary/aromatic N) is 1. The minimum absolute atomic E-state index is 0.646. The lowest BCUT2D eigenvalue weighted by Crippen LogP contribution is -2.17. The summed E-state index contributed by atoms with van der Waals surface area (Å²) < 4.78 is 11.6. The second-order valence-corrected chi connectivity index (χ2v) is 6.41. The molecule has 0 aliphatic rings. The molecule has 1 rings (SSSR count). The lowest BCUT2D eigenvalue weighted by molar-refractivity contribution is 0.588. The van der Waals surface area contributed by atoms with Gasteiger partial charge in [-0.05, 0) is 26.3 Å². The van der Waals surface area contributed by atoms with Gasteiger partial charge < -0.3 is 4.57 Å². The van der Waals surface area contributed by atoms with Crippen molar-refractivity contribution in [2.45, 2.75) is 20.8 Å². The molecular formula is C10H17BNOP. The van der Waals surface area contributed by atoms with E-state index in [1.807, 2.05) is 20.8 Å². The Labute approximate surface area is 87.9 Å². The molecule has 2 nitrogen and oxygen atoms in total. The molecule has 0 atom stereocenters. The number of rotatable bonds is 1. The van der Waals surface area contributed by atoms with Crippen LogP contribution >= 0.6 is 7.14 Å². The smallest absolute Gasteiger partial charge is 0.127 e. The van der Waals surface area contributed by atoms with Crippen molar-refractivity contribution >= 4 is 25.9 Å². The van der Waals surface area contributed by atoms with Crippen molar-refractivity contribution in [3.05, 3.63) is 17.8 Å². The Morgan fingerprint density at radius 1 is 1.36 bits per heavy atom. The molecule has 0 N–H and O–H groups in total. The molecule has 0 fully saturated rings. The van der Waals surface area contributed by atoms with Gasteiger partial charge in [-0.1, -0.05) is 24.9 Å². The lowest BCUT2D eigenvalue weighted by Gasteiger charge is -2.07. The summed E-state index contributed by atoms with van der Waals surface area (Å²) in [5.74, 6) is 0. The maximum atomic E-state index is 11.6. The SMILES string of the molecule is CC.[B]c1cnc(P(C)(C)=O)cc1C. The number of pyridine rings is 1. The fraction of sp³-hybridized carbons (Fsp3) is 0.500. The highest BCUT2D eigenvalue weighted by Crippen LogP contribution is 2.32. The third kappa shape index (κ3) is 3.67. The van der Waals surface area contributed by atoms with Crippen molar-refractivity contribution in [1.82, 2.24) is 4.98 Å². The zero-order valence-electron chi connectivity index (χ0n) is 9.53. The molecule has 1 heterocycles. The summed E-state index contributed by atoms with van der Waals surface area (Å²) in [7, 11) is 3.35. The fourth-order valence-electron chi connectivity index (χ4n) is 0.846. The molecule has 14 heavy (non-hydrogen) atoms. The van der Waals surface area contributed by atoms with Crippen LogP contribution in [0.5, 0.6) is 0 Å². The first-order valence-electron chi connectivity index (χ1n) is 4.69. The predicted molar refractivity (Wildman–Crippen MR) is 64.8 cm³/mol. The topological polar surface area (TPSA) is 30.0 Å². The minimum atomic E-state index is -2.23. The normalized spacial score (nSPS) is 10.4. The van der Waals surface area contributed by atoms with E-state index in [1.54, 1.807) is 25.6 Å². The summed E-state index contributed by atoms with van der Waals surface area (Å²) in [4.78, 5) is 4.02. The molecule has 1 aromatic rings. The number of hydrogen-bond acceptors (Lipinski definition) is 2. The van der Waals surface area contributed by atoms with Crippen molar-refractivity contribution < 1.29 is 4.57 Å². The average molecular weight is 209 g/mol. The lowest BCUT2D eigenvalue weighted by atomic mass is 9.94. The first kappa shape index (κ1) is 13.4. The summed E-state index contributed by atoms with van der Waals surface area (Å²) in [5.41, 5.74) is 2.23. The first-order chi connectivity index (χ1) is 6.41. The third-order valence-corrected chi connectivity index (χ3v) is 3.04. The Morgan fingerprint density at radius 3 is 2.21 bits per heavy atom. The van der Waals surface area contributed by atoms with E-state index in [0.29, 0.717) is 10.9 Å². The highest BCUT2D eigenvalue weighted by Gasteiger charge is 2.12. The van der Waals surface area contributed by atoms with Gasteiger partial charge in [0.2, 0.25) is 0 Å². The van der Waals surface area contributed by atoms with Crippen LogP contribution in [0, 0.1) is 6.92 Å². The van der Waals surface area contributed by atoms with Gasteiger partial charge in [0.1, 0.15) is 15.0 Å². The average Bonchev–Trinajstić information content (AvgIpc) is 2.11. The van der Waals surface area contributed by atoms with Crippen molar-refractivity contribution in [1.29, 1.82) is 0 Å². The zero-order valence-corrected chi connectivity index (χ0v) is 10.4. The van der Waals surface area contributed by atoms with Crippen LogP contribution in [-0.2, 0) is 4.57 Å². The van der Waals surface area contributed by atoms with Crippen LogP contribution in [0.15, 0.2) is 12.3 Å². The standard InChI is InChI=1S/C8H11BNOP.C2H6/c1-6-4-8(12(2,3)11)10-5-7(6)9;1-2/h4-5H,1-3H3;1-2H3. The summed E-state index contributed by atoms with van der Waals surface area (Å²) in [6, 6.07) is 1.79. The second kappa shape index (κ2) is 5.36. The van der Waals surface area contributed by atoms with E-state index in [2.05, 4.69) is 4.98 Å². The van der Waals surface area contributed by atoms with Crippen LogP contribution in [0.25, 0.3) is 0 Å². The first-order valence-corrected chi connectivity index (χ1v) is 7.29. The van der Waals surface area contributed by atoms with Gasteiger partial charge in [0.25, 0.3) is 0 Å². The number of aromatic nitrogens is 1. The van der Waals surface area contributed by atoms with E-state index in [9.17, 15) is 4.57 Å². The van der Waals surface area contributed by atoms with Gasteiger partial charge in [-0.15, -0.1) is 0 Å². The van der Waals surface area contributed by atoms with Gasteiger partial charge in [-0.25, -0.2) is 0 Å². The van der Waals surface area contributed by atoms with Gasteiger partial charge in [-0.2, -0.15) is 0 Å². The molecule has 0 aliphatic carbocycles. The van der Waals surface area contributed by atoms with Gasteiger partial charge in [0, 0.05) is 6.20 Å². The third-order valence-electron chi connectivity index (χ3n) is 1.69. The van der Waals surface area contributed by atoms with E-state index in [4.69, 9.17) is 7.85 Å². The zero-order chi connectivity index (χ0) is 11.4. The number of hydrogen-bond donors (Lipinski definition) is 0. The van der Waals surface area contributed by atoms with Crippen LogP contribution in [0.2, 0.25) is 0 Å². The predicted octanol–water partition coefficient (Wildman–Crippen LogP) is 1.46. The maximum absolute atomic E-state index is 11.6. The molecule has 0 bridgehead atoms. The Bertz CT molecular complexity index is 346. The molecule has 2 radical (unpaired) electrons. The quantitative estimate of drug-likeness (QED) is 0.517. The van der Waals surface area contributed by atoms with Crippen LogP contribution in [0.3, 0.4) is 0 Å². The Hall–Kier alpha value is -0.555. The highest BCUT2D eigenvalue weighted by atomic mass is 31.2. The molecule has 0 aliphatic heterocycles. The minimum Gasteiger partial charge on any atom is -0.318 e. The van der Waals surface area contributed by atoms with Crippen LogP contribution in [-0.4, -0.2) is 26.2 Å². The fourth-order valence-corrected chi connectivity index (χ4v) is 1.69. The summed E-state index contributed by atoms with van der Waals surface area (Å²) >= 11 is 0. The summed E-state index contributed by atoms with van der Waals surface area (Å²) in [6.07, 6.45) is 1.56. The molecule has 0 amide bonds. The molecule has 0 spiro atoms. The van der Waals surface area contributed by atoms with Crippen molar-refractivity contribution in [3.63, 3.8) is 0 Å². The highest BCUT2D eigenvalue weighted by molar-refractivity contribution is 7.69. The molecular weight excluding hydrogens is 192 g/mol. The van der Waals surface area contributed by atoms with Gasteiger partial charge in [0.15, 0.2) is 0 Å². The van der Waals surface area contributed by atoms with E-state index in [-0.39, 0.29) is 0 Å².